The zero-order valence-corrected chi connectivity index (χ0v) is 14.1. The predicted octanol–water partition coefficient (Wildman–Crippen LogP) is 2.01. The molecule has 0 bridgehead atoms. The average Bonchev–Trinajstić information content (AvgIpc) is 3.04. The molecule has 1 heterocycles. The topological polar surface area (TPSA) is 70.2 Å². The fourth-order valence-electron chi connectivity index (χ4n) is 2.36. The van der Waals surface area contributed by atoms with Crippen LogP contribution in [0.3, 0.4) is 0 Å². The summed E-state index contributed by atoms with van der Waals surface area (Å²) in [6.45, 7) is 2.52. The van der Waals surface area contributed by atoms with E-state index in [0.29, 0.717) is 12.2 Å². The molecule has 2 aromatic rings. The predicted molar refractivity (Wildman–Crippen MR) is 89.7 cm³/mol. The van der Waals surface area contributed by atoms with E-state index in [1.54, 1.807) is 13.2 Å². The highest BCUT2D eigenvalue weighted by Crippen LogP contribution is 2.20. The van der Waals surface area contributed by atoms with Crippen molar-refractivity contribution in [2.45, 2.75) is 19.4 Å². The van der Waals surface area contributed by atoms with Crippen molar-refractivity contribution in [2.75, 3.05) is 27.7 Å². The number of nitrogens with one attached hydrogen (secondary N) is 2. The number of carbonyl (C=O) groups is 1. The Labute approximate surface area is 136 Å². The van der Waals surface area contributed by atoms with E-state index in [9.17, 15) is 4.79 Å². The Kier molecular flexibility index (Phi) is 5.76. The first-order valence-electron chi connectivity index (χ1n) is 7.68. The summed E-state index contributed by atoms with van der Waals surface area (Å²) in [5.41, 5.74) is 2.50. The molecule has 0 aliphatic heterocycles. The Morgan fingerprint density at radius 1 is 1.35 bits per heavy atom. The van der Waals surface area contributed by atoms with Gasteiger partial charge in [-0.05, 0) is 44.3 Å². The molecule has 6 heteroatoms. The first-order chi connectivity index (χ1) is 11.0. The van der Waals surface area contributed by atoms with Crippen LogP contribution in [-0.2, 0) is 6.42 Å². The second-order valence-corrected chi connectivity index (χ2v) is 5.59. The Morgan fingerprint density at radius 2 is 2.04 bits per heavy atom. The zero-order chi connectivity index (χ0) is 16.8. The number of carbonyl (C=O) groups excluding carboxylic acids is 1. The van der Waals surface area contributed by atoms with Crippen LogP contribution >= 0.6 is 0 Å². The number of aromatic nitrogens is 2. The van der Waals surface area contributed by atoms with Gasteiger partial charge in [-0.25, -0.2) is 0 Å². The van der Waals surface area contributed by atoms with Crippen LogP contribution in [0.5, 0.6) is 5.75 Å². The van der Waals surface area contributed by atoms with Crippen LogP contribution in [0.1, 0.15) is 34.7 Å². The van der Waals surface area contributed by atoms with E-state index in [4.69, 9.17) is 4.74 Å². The Balaban J connectivity index is 2.02. The molecule has 0 saturated heterocycles. The number of H-pyrrole nitrogens is 1. The molecule has 0 spiro atoms. The van der Waals surface area contributed by atoms with Gasteiger partial charge in [-0.2, -0.15) is 5.10 Å². The third kappa shape index (κ3) is 4.32. The maximum atomic E-state index is 12.2. The van der Waals surface area contributed by atoms with Crippen LogP contribution in [0.25, 0.3) is 0 Å². The fraction of sp³-hybridized carbons (Fsp3) is 0.412. The van der Waals surface area contributed by atoms with Gasteiger partial charge >= 0.3 is 0 Å². The molecule has 1 aromatic carbocycles. The van der Waals surface area contributed by atoms with Crippen LogP contribution in [0.2, 0.25) is 0 Å². The lowest BCUT2D eigenvalue weighted by atomic mass is 10.1. The number of amides is 1. The van der Waals surface area contributed by atoms with Crippen LogP contribution in [-0.4, -0.2) is 48.8 Å². The van der Waals surface area contributed by atoms with Crippen molar-refractivity contribution in [3.8, 4) is 5.75 Å². The molecule has 1 amide bonds. The molecule has 124 valence electrons. The van der Waals surface area contributed by atoms with Crippen molar-refractivity contribution in [3.63, 3.8) is 0 Å². The number of benzene rings is 1. The van der Waals surface area contributed by atoms with Crippen molar-refractivity contribution in [1.29, 1.82) is 0 Å². The summed E-state index contributed by atoms with van der Waals surface area (Å²) in [6.07, 6.45) is 0.826. The van der Waals surface area contributed by atoms with Gasteiger partial charge in [-0.1, -0.05) is 19.1 Å². The van der Waals surface area contributed by atoms with Gasteiger partial charge in [0.1, 0.15) is 11.4 Å². The van der Waals surface area contributed by atoms with Gasteiger partial charge in [0, 0.05) is 12.2 Å². The number of aromatic amines is 1. The molecule has 1 aromatic heterocycles. The summed E-state index contributed by atoms with van der Waals surface area (Å²) >= 11 is 0. The van der Waals surface area contributed by atoms with Crippen LogP contribution in [0, 0.1) is 0 Å². The summed E-state index contributed by atoms with van der Waals surface area (Å²) < 4.78 is 5.18. The molecule has 2 rings (SSSR count). The van der Waals surface area contributed by atoms with Gasteiger partial charge in [0.25, 0.3) is 5.91 Å². The average molecular weight is 316 g/mol. The molecule has 0 aliphatic carbocycles. The second kappa shape index (κ2) is 7.78. The standard InChI is InChI=1S/C17H24N4O2/c1-5-13-10-15(20-19-13)17(22)18-11-16(21(2)3)12-6-8-14(23-4)9-7-12/h6-10,16H,5,11H2,1-4H3,(H,18,22)(H,19,20). The molecule has 2 N–H and O–H groups in total. The third-order valence-corrected chi connectivity index (χ3v) is 3.82. The van der Waals surface area contributed by atoms with Gasteiger partial charge in [0.2, 0.25) is 0 Å². The highest BCUT2D eigenvalue weighted by Gasteiger charge is 2.17. The van der Waals surface area contributed by atoms with Gasteiger partial charge in [0.15, 0.2) is 0 Å². The first kappa shape index (κ1) is 17.0. The van der Waals surface area contributed by atoms with Crippen molar-refractivity contribution >= 4 is 5.91 Å². The minimum atomic E-state index is -0.165. The summed E-state index contributed by atoms with van der Waals surface area (Å²) in [4.78, 5) is 14.3. The SMILES string of the molecule is CCc1cc(C(=O)NCC(c2ccc(OC)cc2)N(C)C)n[nH]1. The lowest BCUT2D eigenvalue weighted by Crippen LogP contribution is -2.34. The largest absolute Gasteiger partial charge is 0.497 e. The molecule has 0 radical (unpaired) electrons. The van der Waals surface area contributed by atoms with E-state index < -0.39 is 0 Å². The molecule has 1 atom stereocenters. The van der Waals surface area contributed by atoms with Crippen molar-refractivity contribution in [3.05, 3.63) is 47.3 Å². The number of nitrogens with zero attached hydrogens (tertiary/aromatic N) is 2. The number of likely N-dealkylation sites (N-methyl/N-ethyl adjacent to an activating group) is 1. The lowest BCUT2D eigenvalue weighted by molar-refractivity contribution is 0.0937. The summed E-state index contributed by atoms with van der Waals surface area (Å²) in [5, 5.41) is 9.84. The molecule has 0 aliphatic rings. The summed E-state index contributed by atoms with van der Waals surface area (Å²) in [5.74, 6) is 0.653. The number of hydrogen-bond donors (Lipinski definition) is 2. The number of rotatable bonds is 7. The van der Waals surface area contributed by atoms with Crippen molar-refractivity contribution in [2.24, 2.45) is 0 Å². The third-order valence-electron chi connectivity index (χ3n) is 3.82. The number of ether oxygens (including phenoxy) is 1. The van der Waals surface area contributed by atoms with Gasteiger partial charge in [-0.15, -0.1) is 0 Å². The normalized spacial score (nSPS) is 12.2. The monoisotopic (exact) mass is 316 g/mol. The van der Waals surface area contributed by atoms with E-state index in [-0.39, 0.29) is 11.9 Å². The maximum Gasteiger partial charge on any atom is 0.271 e. The Morgan fingerprint density at radius 3 is 2.57 bits per heavy atom. The molecule has 6 nitrogen and oxygen atoms in total. The maximum absolute atomic E-state index is 12.2. The van der Waals surface area contributed by atoms with Gasteiger partial charge in [0.05, 0.1) is 13.2 Å². The first-order valence-corrected chi connectivity index (χ1v) is 7.68. The van der Waals surface area contributed by atoms with E-state index in [0.717, 1.165) is 23.4 Å². The minimum Gasteiger partial charge on any atom is -0.497 e. The Bertz CT molecular complexity index is 634. The van der Waals surface area contributed by atoms with Crippen molar-refractivity contribution < 1.29 is 9.53 Å². The van der Waals surface area contributed by atoms with Crippen molar-refractivity contribution in [1.82, 2.24) is 20.4 Å². The molecule has 23 heavy (non-hydrogen) atoms. The van der Waals surface area contributed by atoms with E-state index >= 15 is 0 Å². The highest BCUT2D eigenvalue weighted by atomic mass is 16.5. The minimum absolute atomic E-state index is 0.0782. The van der Waals surface area contributed by atoms with Crippen LogP contribution in [0.4, 0.5) is 0 Å². The summed E-state index contributed by atoms with van der Waals surface area (Å²) in [6, 6.07) is 9.74. The fourth-order valence-corrected chi connectivity index (χ4v) is 2.36. The summed E-state index contributed by atoms with van der Waals surface area (Å²) in [7, 11) is 5.63. The molecule has 0 saturated carbocycles. The van der Waals surface area contributed by atoms with E-state index in [1.807, 2.05) is 45.3 Å². The smallest absolute Gasteiger partial charge is 0.271 e. The number of methoxy groups -OCH3 is 1. The van der Waals surface area contributed by atoms with Gasteiger partial charge < -0.3 is 15.0 Å². The number of aryl methyl sites for hydroxylation is 1. The van der Waals surface area contributed by atoms with Crippen LogP contribution < -0.4 is 10.1 Å². The van der Waals surface area contributed by atoms with Gasteiger partial charge in [-0.3, -0.25) is 9.89 Å². The van der Waals surface area contributed by atoms with E-state index in [1.165, 1.54) is 0 Å². The molecular formula is C17H24N4O2. The highest BCUT2D eigenvalue weighted by molar-refractivity contribution is 5.92. The van der Waals surface area contributed by atoms with E-state index in [2.05, 4.69) is 20.4 Å². The quantitative estimate of drug-likeness (QED) is 0.820. The molecule has 0 fully saturated rings. The lowest BCUT2D eigenvalue weighted by Gasteiger charge is -2.25. The van der Waals surface area contributed by atoms with Crippen LogP contribution in [0.15, 0.2) is 30.3 Å². The molecule has 1 unspecified atom stereocenters. The zero-order valence-electron chi connectivity index (χ0n) is 14.1. The second-order valence-electron chi connectivity index (χ2n) is 5.59. The molecular weight excluding hydrogens is 292 g/mol. The number of hydrogen-bond acceptors (Lipinski definition) is 4. The Hall–Kier alpha value is -2.34.